The quantitative estimate of drug-likeness (QED) is 0.844. The summed E-state index contributed by atoms with van der Waals surface area (Å²) in [4.78, 5) is 37.0. The molecule has 2 aromatic rings. The Bertz CT molecular complexity index is 844. The summed E-state index contributed by atoms with van der Waals surface area (Å²) in [5.74, 6) is -0.437. The maximum absolute atomic E-state index is 13.4. The monoisotopic (exact) mass is 354 g/mol. The van der Waals surface area contributed by atoms with E-state index in [1.165, 1.54) is 30.7 Å². The number of nitrogens with zero attached hydrogens (tertiary/aromatic N) is 4. The molecule has 26 heavy (non-hydrogen) atoms. The molecule has 0 radical (unpaired) electrons. The second-order valence-electron chi connectivity index (χ2n) is 6.95. The molecule has 0 aliphatic carbocycles. The molecule has 2 fully saturated rings. The molecule has 1 aromatic heterocycles. The molecule has 1 spiro atoms. The van der Waals surface area contributed by atoms with Crippen LogP contribution in [0.4, 0.5) is 4.39 Å². The summed E-state index contributed by atoms with van der Waals surface area (Å²) in [6.45, 7) is 1.97. The third kappa shape index (κ3) is 2.94. The van der Waals surface area contributed by atoms with Crippen molar-refractivity contribution >= 4 is 11.8 Å². The minimum Gasteiger partial charge on any atom is -0.338 e. The Morgan fingerprint density at radius 2 is 2.08 bits per heavy atom. The summed E-state index contributed by atoms with van der Waals surface area (Å²) in [5.41, 5.74) is 0.554. The van der Waals surface area contributed by atoms with Crippen molar-refractivity contribution < 1.29 is 14.0 Å². The zero-order valence-corrected chi connectivity index (χ0v) is 14.3. The molecule has 0 bridgehead atoms. The number of benzene rings is 1. The molecule has 1 unspecified atom stereocenters. The first kappa shape index (κ1) is 16.6. The minimum absolute atomic E-state index is 0.0520. The van der Waals surface area contributed by atoms with Crippen LogP contribution in [-0.2, 0) is 11.3 Å². The third-order valence-electron chi connectivity index (χ3n) is 5.29. The van der Waals surface area contributed by atoms with Gasteiger partial charge in [-0.3, -0.25) is 14.6 Å². The van der Waals surface area contributed by atoms with Crippen LogP contribution in [0, 0.1) is 11.2 Å². The van der Waals surface area contributed by atoms with Crippen molar-refractivity contribution in [3.05, 3.63) is 59.9 Å². The molecule has 2 aliphatic rings. The Balaban J connectivity index is 1.45. The fourth-order valence-corrected chi connectivity index (χ4v) is 3.90. The molecule has 1 atom stereocenters. The van der Waals surface area contributed by atoms with Gasteiger partial charge < -0.3 is 9.80 Å². The zero-order valence-electron chi connectivity index (χ0n) is 14.3. The minimum atomic E-state index is -0.523. The van der Waals surface area contributed by atoms with E-state index in [2.05, 4.69) is 9.97 Å². The van der Waals surface area contributed by atoms with Gasteiger partial charge in [0.05, 0.1) is 11.6 Å². The second kappa shape index (κ2) is 6.48. The summed E-state index contributed by atoms with van der Waals surface area (Å²) in [7, 11) is 0. The molecule has 2 aliphatic heterocycles. The highest BCUT2D eigenvalue weighted by Gasteiger charge is 2.51. The van der Waals surface area contributed by atoms with E-state index in [1.54, 1.807) is 15.9 Å². The molecule has 3 heterocycles. The average molecular weight is 354 g/mol. The van der Waals surface area contributed by atoms with Gasteiger partial charge in [-0.2, -0.15) is 0 Å². The predicted molar refractivity (Wildman–Crippen MR) is 91.4 cm³/mol. The van der Waals surface area contributed by atoms with Crippen LogP contribution in [0.25, 0.3) is 0 Å². The Labute approximate surface area is 150 Å². The molecule has 1 aromatic carbocycles. The first-order valence-electron chi connectivity index (χ1n) is 8.67. The van der Waals surface area contributed by atoms with Crippen LogP contribution in [0.15, 0.2) is 42.9 Å². The summed E-state index contributed by atoms with van der Waals surface area (Å²) in [6.07, 6.45) is 5.82. The fourth-order valence-electron chi connectivity index (χ4n) is 3.90. The number of likely N-dealkylation sites (tertiary alicyclic amines) is 2. The van der Waals surface area contributed by atoms with E-state index in [1.807, 2.05) is 6.07 Å². The van der Waals surface area contributed by atoms with Crippen LogP contribution in [-0.4, -0.2) is 51.2 Å². The molecule has 7 heteroatoms. The van der Waals surface area contributed by atoms with Gasteiger partial charge >= 0.3 is 0 Å². The van der Waals surface area contributed by atoms with Gasteiger partial charge in [0, 0.05) is 38.6 Å². The molecule has 134 valence electrons. The van der Waals surface area contributed by atoms with Crippen molar-refractivity contribution in [2.24, 2.45) is 5.41 Å². The number of amides is 2. The molecule has 0 N–H and O–H groups in total. The summed E-state index contributed by atoms with van der Waals surface area (Å²) in [6, 6.07) is 6.32. The Morgan fingerprint density at radius 1 is 1.23 bits per heavy atom. The van der Waals surface area contributed by atoms with Crippen LogP contribution in [0.3, 0.4) is 0 Å². The lowest BCUT2D eigenvalue weighted by atomic mass is 9.85. The molecule has 4 rings (SSSR count). The molecular weight excluding hydrogens is 335 g/mol. The normalized spacial score (nSPS) is 22.4. The molecule has 2 amide bonds. The number of rotatable bonds is 3. The second-order valence-corrected chi connectivity index (χ2v) is 6.95. The lowest BCUT2D eigenvalue weighted by Gasteiger charge is -2.23. The van der Waals surface area contributed by atoms with Gasteiger partial charge in [-0.25, -0.2) is 9.37 Å². The van der Waals surface area contributed by atoms with Gasteiger partial charge in [0.2, 0.25) is 5.91 Å². The third-order valence-corrected chi connectivity index (χ3v) is 5.29. The van der Waals surface area contributed by atoms with Gasteiger partial charge in [-0.05, 0) is 30.5 Å². The molecular formula is C19H19FN4O2. The first-order valence-corrected chi connectivity index (χ1v) is 8.67. The van der Waals surface area contributed by atoms with Crippen molar-refractivity contribution in [1.29, 1.82) is 0 Å². The fraction of sp³-hybridized carbons (Fsp3) is 0.368. The summed E-state index contributed by atoms with van der Waals surface area (Å²) < 4.78 is 13.4. The standard InChI is InChI=1S/C19H19FN4O2/c20-15-3-1-2-14(10-15)12-23-8-4-19(18(23)26)5-9-24(13-19)17(25)16-11-21-6-7-22-16/h1-3,6-7,10-11H,4-5,8-9,12-13H2. The largest absolute Gasteiger partial charge is 0.338 e. The molecule has 0 saturated carbocycles. The van der Waals surface area contributed by atoms with Crippen LogP contribution in [0.1, 0.15) is 28.9 Å². The van der Waals surface area contributed by atoms with Gasteiger partial charge in [0.15, 0.2) is 0 Å². The highest BCUT2D eigenvalue weighted by molar-refractivity contribution is 5.93. The average Bonchev–Trinajstić information content (AvgIpc) is 3.22. The van der Waals surface area contributed by atoms with Crippen LogP contribution >= 0.6 is 0 Å². The van der Waals surface area contributed by atoms with E-state index < -0.39 is 5.41 Å². The van der Waals surface area contributed by atoms with Crippen molar-refractivity contribution in [2.75, 3.05) is 19.6 Å². The van der Waals surface area contributed by atoms with Crippen molar-refractivity contribution in [2.45, 2.75) is 19.4 Å². The number of hydrogen-bond donors (Lipinski definition) is 0. The topological polar surface area (TPSA) is 66.4 Å². The highest BCUT2D eigenvalue weighted by Crippen LogP contribution is 2.41. The SMILES string of the molecule is O=C(c1cnccn1)N1CCC2(CCN(Cc3cccc(F)c3)C2=O)C1. The van der Waals surface area contributed by atoms with E-state index in [4.69, 9.17) is 0 Å². The first-order chi connectivity index (χ1) is 12.6. The summed E-state index contributed by atoms with van der Waals surface area (Å²) >= 11 is 0. The van der Waals surface area contributed by atoms with Crippen LogP contribution in [0.2, 0.25) is 0 Å². The number of aromatic nitrogens is 2. The maximum atomic E-state index is 13.4. The lowest BCUT2D eigenvalue weighted by Crippen LogP contribution is -2.38. The number of carbonyl (C=O) groups excluding carboxylic acids is 2. The van der Waals surface area contributed by atoms with Gasteiger partial charge in [0.25, 0.3) is 5.91 Å². The van der Waals surface area contributed by atoms with Gasteiger partial charge in [-0.15, -0.1) is 0 Å². The zero-order chi connectivity index (χ0) is 18.1. The maximum Gasteiger partial charge on any atom is 0.274 e. The summed E-state index contributed by atoms with van der Waals surface area (Å²) in [5, 5.41) is 0. The Hall–Kier alpha value is -2.83. The smallest absolute Gasteiger partial charge is 0.274 e. The van der Waals surface area contributed by atoms with Crippen molar-refractivity contribution in [3.8, 4) is 0 Å². The molecule has 2 saturated heterocycles. The van der Waals surface area contributed by atoms with E-state index in [0.717, 1.165) is 5.56 Å². The molecule has 6 nitrogen and oxygen atoms in total. The van der Waals surface area contributed by atoms with E-state index in [0.29, 0.717) is 44.7 Å². The van der Waals surface area contributed by atoms with Crippen LogP contribution < -0.4 is 0 Å². The lowest BCUT2D eigenvalue weighted by molar-refractivity contribution is -0.135. The predicted octanol–water partition coefficient (Wildman–Crippen LogP) is 1.88. The Morgan fingerprint density at radius 3 is 2.85 bits per heavy atom. The number of hydrogen-bond acceptors (Lipinski definition) is 4. The number of carbonyl (C=O) groups is 2. The Kier molecular flexibility index (Phi) is 4.14. The van der Waals surface area contributed by atoms with Gasteiger partial charge in [0.1, 0.15) is 11.5 Å². The van der Waals surface area contributed by atoms with Crippen molar-refractivity contribution in [3.63, 3.8) is 0 Å². The highest BCUT2D eigenvalue weighted by atomic mass is 19.1. The van der Waals surface area contributed by atoms with Gasteiger partial charge in [-0.1, -0.05) is 12.1 Å². The number of halogens is 1. The van der Waals surface area contributed by atoms with Crippen molar-refractivity contribution in [1.82, 2.24) is 19.8 Å². The van der Waals surface area contributed by atoms with Crippen LogP contribution in [0.5, 0.6) is 0 Å². The van der Waals surface area contributed by atoms with E-state index in [-0.39, 0.29) is 17.6 Å². The van der Waals surface area contributed by atoms with E-state index in [9.17, 15) is 14.0 Å². The van der Waals surface area contributed by atoms with E-state index >= 15 is 0 Å².